The zero-order chi connectivity index (χ0) is 31.3. The summed E-state index contributed by atoms with van der Waals surface area (Å²) in [6.07, 6.45) is 12.9. The summed E-state index contributed by atoms with van der Waals surface area (Å²) >= 11 is 6.25. The van der Waals surface area contributed by atoms with Crippen molar-refractivity contribution in [2.75, 3.05) is 0 Å². The van der Waals surface area contributed by atoms with E-state index in [-0.39, 0.29) is 5.92 Å². The lowest BCUT2D eigenvalue weighted by Gasteiger charge is -2.31. The molecule has 6 aromatic carbocycles. The highest BCUT2D eigenvalue weighted by atomic mass is 127. The van der Waals surface area contributed by atoms with Gasteiger partial charge in [0.05, 0.1) is 0 Å². The maximum atomic E-state index is 13.5. The van der Waals surface area contributed by atoms with E-state index in [1.54, 1.807) is 0 Å². The molecule has 0 aliphatic heterocycles. The molecule has 46 heavy (non-hydrogen) atoms. The summed E-state index contributed by atoms with van der Waals surface area (Å²) in [5.41, 5.74) is 7.59. The van der Waals surface area contributed by atoms with Gasteiger partial charge in [-0.25, -0.2) is 0 Å². The average Bonchev–Trinajstić information content (AvgIpc) is 3.18. The van der Waals surface area contributed by atoms with E-state index < -0.39 is 5.60 Å². The van der Waals surface area contributed by atoms with Crippen molar-refractivity contribution < 1.29 is 5.11 Å². The number of rotatable bonds is 6. The molecule has 3 unspecified atom stereocenters. The number of halogens is 2. The third-order valence-corrected chi connectivity index (χ3v) is 11.0. The van der Waals surface area contributed by atoms with Crippen molar-refractivity contribution in [1.29, 1.82) is 0 Å². The second kappa shape index (κ2) is 12.1. The minimum absolute atomic E-state index is 0.236. The van der Waals surface area contributed by atoms with Crippen LogP contribution in [0.25, 0.3) is 32.7 Å². The highest BCUT2D eigenvalue weighted by Crippen LogP contribution is 2.57. The number of benzene rings is 6. The number of fused-ring (bicyclic) bond motifs is 8. The Morgan fingerprint density at radius 2 is 1.39 bits per heavy atom. The van der Waals surface area contributed by atoms with E-state index in [1.807, 2.05) is 0 Å². The van der Waals surface area contributed by atoms with E-state index >= 15 is 0 Å². The summed E-state index contributed by atoms with van der Waals surface area (Å²) in [5, 5.41) is 18.1. The van der Waals surface area contributed by atoms with E-state index in [1.165, 1.54) is 27.5 Å². The summed E-state index contributed by atoms with van der Waals surface area (Å²) < 4.78 is 1.30. The summed E-state index contributed by atoms with van der Waals surface area (Å²) in [6, 6.07) is 43.0. The highest BCUT2D eigenvalue weighted by Gasteiger charge is 2.46. The molecular weight excluding hydrogens is 739 g/mol. The van der Waals surface area contributed by atoms with Crippen molar-refractivity contribution in [3.05, 3.63) is 190 Å². The van der Waals surface area contributed by atoms with Gasteiger partial charge in [0, 0.05) is 25.4 Å². The second-order valence-corrected chi connectivity index (χ2v) is 14.6. The van der Waals surface area contributed by atoms with Gasteiger partial charge in [0.2, 0.25) is 0 Å². The molecule has 1 nitrogen and oxygen atoms in total. The quantitative estimate of drug-likeness (QED) is 0.102. The van der Waals surface area contributed by atoms with Crippen LogP contribution in [0.1, 0.15) is 40.2 Å². The summed E-state index contributed by atoms with van der Waals surface area (Å²) in [4.78, 5) is 0. The molecule has 3 atom stereocenters. The van der Waals surface area contributed by atoms with Gasteiger partial charge in [-0.2, -0.15) is 0 Å². The van der Waals surface area contributed by atoms with Crippen molar-refractivity contribution in [3.8, 4) is 11.1 Å². The third kappa shape index (κ3) is 4.92. The molecule has 0 aromatic heterocycles. The van der Waals surface area contributed by atoms with Crippen LogP contribution < -0.4 is 0 Å². The Morgan fingerprint density at radius 3 is 2.20 bits per heavy atom. The fourth-order valence-corrected chi connectivity index (χ4v) is 8.73. The molecule has 0 radical (unpaired) electrons. The Labute approximate surface area is 292 Å². The van der Waals surface area contributed by atoms with Crippen LogP contribution in [0.2, 0.25) is 0 Å². The average molecular weight is 772 g/mol. The molecule has 2 aliphatic rings. The Morgan fingerprint density at radius 1 is 0.717 bits per heavy atom. The summed E-state index contributed by atoms with van der Waals surface area (Å²) in [6.45, 7) is 0. The Kier molecular flexibility index (Phi) is 7.80. The molecule has 0 spiro atoms. The summed E-state index contributed by atoms with van der Waals surface area (Å²) in [7, 11) is 0. The fraction of sp³-hybridized carbons (Fsp3) is 0.116. The molecule has 224 valence electrons. The maximum Gasteiger partial charge on any atom is 0.142 e. The minimum atomic E-state index is -1.32. The number of aryl methyl sites for hydroxylation is 1. The Bertz CT molecular complexity index is 2210. The first-order valence-corrected chi connectivity index (χ1v) is 17.9. The number of aliphatic hydroxyl groups is 1. The zero-order valence-electron chi connectivity index (χ0n) is 25.2. The van der Waals surface area contributed by atoms with Crippen LogP contribution in [-0.4, -0.2) is 9.03 Å². The number of allylic oxidation sites excluding steroid dienone is 6. The minimum Gasteiger partial charge on any atom is -0.376 e. The Hall–Kier alpha value is -3.77. The Balaban J connectivity index is 1.32. The monoisotopic (exact) mass is 770 g/mol. The van der Waals surface area contributed by atoms with Crippen molar-refractivity contribution in [3.63, 3.8) is 0 Å². The highest BCUT2D eigenvalue weighted by molar-refractivity contribution is 14.1. The standard InChI is InChI=1S/C43H32BrIO/c44-31-23-25-38-40(27-31)43(46,42-37-20-10-8-18-35(37)34-17-7-9-19-36(34)41(38)42)39-21-11-5-14-29(39)22-24-33(28-12-2-1-3-13-28)30-15-4-6-16-32(45)26-30/h1-21,23,25-27,32-33,46H,22,24H2. The van der Waals surface area contributed by atoms with Gasteiger partial charge < -0.3 is 5.11 Å². The molecule has 3 heteroatoms. The van der Waals surface area contributed by atoms with Gasteiger partial charge in [-0.15, -0.1) is 0 Å². The number of hydrogen-bond acceptors (Lipinski definition) is 1. The van der Waals surface area contributed by atoms with Crippen LogP contribution in [0.3, 0.4) is 0 Å². The van der Waals surface area contributed by atoms with Gasteiger partial charge >= 0.3 is 0 Å². The van der Waals surface area contributed by atoms with Crippen molar-refractivity contribution in [2.24, 2.45) is 0 Å². The topological polar surface area (TPSA) is 20.2 Å². The molecule has 0 bridgehead atoms. The second-order valence-electron chi connectivity index (χ2n) is 12.3. The van der Waals surface area contributed by atoms with Crippen molar-refractivity contribution in [2.45, 2.75) is 28.3 Å². The molecule has 6 aromatic rings. The molecule has 0 saturated carbocycles. The molecule has 1 N–H and O–H groups in total. The smallest absolute Gasteiger partial charge is 0.142 e. The van der Waals surface area contributed by atoms with Gasteiger partial charge in [0.15, 0.2) is 0 Å². The first-order chi connectivity index (χ1) is 22.5. The van der Waals surface area contributed by atoms with Gasteiger partial charge in [0.1, 0.15) is 5.60 Å². The SMILES string of the molecule is OC1(c2ccccc2CCC(C2=CC(I)C=CC=C2)c2ccccc2)c2cc(Br)ccc2-c2c1c1ccccc1c1ccccc21. The number of alkyl halides is 1. The molecule has 0 fully saturated rings. The van der Waals surface area contributed by atoms with Crippen molar-refractivity contribution >= 4 is 60.1 Å². The van der Waals surface area contributed by atoms with Gasteiger partial charge in [-0.3, -0.25) is 0 Å². The zero-order valence-corrected chi connectivity index (χ0v) is 28.9. The van der Waals surface area contributed by atoms with Crippen LogP contribution in [0, 0.1) is 0 Å². The molecule has 0 heterocycles. The maximum absolute atomic E-state index is 13.5. The predicted octanol–water partition coefficient (Wildman–Crippen LogP) is 11.6. The fourth-order valence-electron chi connectivity index (χ4n) is 7.71. The van der Waals surface area contributed by atoms with Crippen LogP contribution in [0.5, 0.6) is 0 Å². The van der Waals surface area contributed by atoms with E-state index in [4.69, 9.17) is 0 Å². The number of hydrogen-bond donors (Lipinski definition) is 1. The van der Waals surface area contributed by atoms with Crippen LogP contribution >= 0.6 is 38.5 Å². The lowest BCUT2D eigenvalue weighted by Crippen LogP contribution is -2.28. The van der Waals surface area contributed by atoms with Crippen LogP contribution in [0.15, 0.2) is 162 Å². The molecule has 0 saturated heterocycles. The third-order valence-electron chi connectivity index (χ3n) is 9.70. The molecular formula is C43H32BrIO. The molecule has 8 rings (SSSR count). The lowest BCUT2D eigenvalue weighted by molar-refractivity contribution is 0.131. The predicted molar refractivity (Wildman–Crippen MR) is 205 cm³/mol. The van der Waals surface area contributed by atoms with E-state index in [0.717, 1.165) is 55.9 Å². The van der Waals surface area contributed by atoms with Crippen molar-refractivity contribution in [1.82, 2.24) is 0 Å². The largest absolute Gasteiger partial charge is 0.376 e. The van der Waals surface area contributed by atoms with Gasteiger partial charge in [-0.1, -0.05) is 178 Å². The van der Waals surface area contributed by atoms with Crippen LogP contribution in [-0.2, 0) is 12.0 Å². The summed E-state index contributed by atoms with van der Waals surface area (Å²) in [5.74, 6) is 0.236. The molecule has 2 aliphatic carbocycles. The van der Waals surface area contributed by atoms with E-state index in [2.05, 4.69) is 190 Å². The van der Waals surface area contributed by atoms with E-state index in [0.29, 0.717) is 3.92 Å². The first kappa shape index (κ1) is 29.6. The van der Waals surface area contributed by atoms with E-state index in [9.17, 15) is 5.11 Å². The molecule has 0 amide bonds. The normalized spacial score (nSPS) is 19.1. The van der Waals surface area contributed by atoms with Crippen LogP contribution in [0.4, 0.5) is 0 Å². The van der Waals surface area contributed by atoms with Gasteiger partial charge in [0.25, 0.3) is 0 Å². The first-order valence-electron chi connectivity index (χ1n) is 15.8. The lowest BCUT2D eigenvalue weighted by atomic mass is 9.77. The van der Waals surface area contributed by atoms with Gasteiger partial charge in [-0.05, 0) is 79.9 Å².